The Morgan fingerprint density at radius 3 is 2.89 bits per heavy atom. The van der Waals surface area contributed by atoms with Crippen LogP contribution in [0.25, 0.3) is 0 Å². The molecule has 1 unspecified atom stereocenters. The van der Waals surface area contributed by atoms with Crippen molar-refractivity contribution in [3.8, 4) is 0 Å². The van der Waals surface area contributed by atoms with Gasteiger partial charge in [-0.15, -0.1) is 10.2 Å². The highest BCUT2D eigenvalue weighted by Crippen LogP contribution is 2.26. The van der Waals surface area contributed by atoms with Gasteiger partial charge in [0.15, 0.2) is 5.82 Å². The van der Waals surface area contributed by atoms with Crippen molar-refractivity contribution in [3.63, 3.8) is 0 Å². The number of hydrogen-bond donors (Lipinski definition) is 0. The maximum absolute atomic E-state index is 12.9. The van der Waals surface area contributed by atoms with Gasteiger partial charge in [0.25, 0.3) is 0 Å². The summed E-state index contributed by atoms with van der Waals surface area (Å²) in [6.07, 6.45) is 7.95. The van der Waals surface area contributed by atoms with Gasteiger partial charge in [-0.1, -0.05) is 24.3 Å². The van der Waals surface area contributed by atoms with Crippen LogP contribution in [-0.4, -0.2) is 48.2 Å². The quantitative estimate of drug-likeness (QED) is 0.683. The number of amides is 1. The summed E-state index contributed by atoms with van der Waals surface area (Å²) in [6, 6.07) is 8.11. The van der Waals surface area contributed by atoms with Gasteiger partial charge in [0.05, 0.1) is 19.3 Å². The fourth-order valence-electron chi connectivity index (χ4n) is 3.91. The van der Waals surface area contributed by atoms with Crippen molar-refractivity contribution in [1.29, 1.82) is 0 Å². The first-order chi connectivity index (χ1) is 13.6. The Kier molecular flexibility index (Phi) is 5.23. The van der Waals surface area contributed by atoms with Gasteiger partial charge in [0.1, 0.15) is 5.82 Å². The Labute approximate surface area is 165 Å². The SMILES string of the molecule is Cc1ccccc1CC(=O)N1CCCC(c2nnc(Cn3ccnc3)n2C)C1. The second-order valence-corrected chi connectivity index (χ2v) is 7.55. The van der Waals surface area contributed by atoms with E-state index >= 15 is 0 Å². The number of nitrogens with zero attached hydrogens (tertiary/aromatic N) is 6. The standard InChI is InChI=1S/C21H26N6O/c1-16-6-3-4-7-17(16)12-20(28)27-10-5-8-18(13-27)21-24-23-19(25(21)2)14-26-11-9-22-15-26/h3-4,6-7,9,11,15,18H,5,8,10,12-14H2,1-2H3. The van der Waals surface area contributed by atoms with E-state index in [1.807, 2.05) is 40.9 Å². The lowest BCUT2D eigenvalue weighted by molar-refractivity contribution is -0.131. The first-order valence-electron chi connectivity index (χ1n) is 9.78. The van der Waals surface area contributed by atoms with E-state index in [1.165, 1.54) is 5.56 Å². The van der Waals surface area contributed by atoms with Crippen molar-refractivity contribution in [3.05, 3.63) is 65.8 Å². The third-order valence-corrected chi connectivity index (χ3v) is 5.62. The van der Waals surface area contributed by atoms with Crippen molar-refractivity contribution in [1.82, 2.24) is 29.2 Å². The lowest BCUT2D eigenvalue weighted by atomic mass is 9.96. The molecule has 1 fully saturated rings. The van der Waals surface area contributed by atoms with Crippen LogP contribution in [0.5, 0.6) is 0 Å². The average molecular weight is 378 g/mol. The monoisotopic (exact) mass is 378 g/mol. The number of rotatable bonds is 5. The molecule has 1 saturated heterocycles. The number of aryl methyl sites for hydroxylation is 1. The Hall–Kier alpha value is -2.96. The molecule has 1 atom stereocenters. The highest BCUT2D eigenvalue weighted by atomic mass is 16.2. The molecule has 3 aromatic rings. The molecule has 3 heterocycles. The first kappa shape index (κ1) is 18.4. The average Bonchev–Trinajstić information content (AvgIpc) is 3.34. The molecular weight excluding hydrogens is 352 g/mol. The Morgan fingerprint density at radius 2 is 2.11 bits per heavy atom. The van der Waals surface area contributed by atoms with Crippen LogP contribution >= 0.6 is 0 Å². The largest absolute Gasteiger partial charge is 0.342 e. The molecule has 0 spiro atoms. The topological polar surface area (TPSA) is 68.8 Å². The fourth-order valence-corrected chi connectivity index (χ4v) is 3.91. The summed E-state index contributed by atoms with van der Waals surface area (Å²) in [7, 11) is 2.01. The van der Waals surface area contributed by atoms with E-state index in [2.05, 4.69) is 32.7 Å². The minimum absolute atomic E-state index is 0.194. The van der Waals surface area contributed by atoms with Crippen molar-refractivity contribution < 1.29 is 4.79 Å². The van der Waals surface area contributed by atoms with Crippen LogP contribution in [0.1, 0.15) is 41.5 Å². The molecule has 0 bridgehead atoms. The van der Waals surface area contributed by atoms with Gasteiger partial charge in [-0.3, -0.25) is 4.79 Å². The maximum atomic E-state index is 12.9. The zero-order valence-corrected chi connectivity index (χ0v) is 16.5. The van der Waals surface area contributed by atoms with Crippen LogP contribution in [0.3, 0.4) is 0 Å². The fraction of sp³-hybridized carbons (Fsp3) is 0.429. The van der Waals surface area contributed by atoms with E-state index in [9.17, 15) is 4.79 Å². The molecule has 1 aromatic carbocycles. The summed E-state index contributed by atoms with van der Waals surface area (Å²) < 4.78 is 4.05. The van der Waals surface area contributed by atoms with Crippen molar-refractivity contribution in [2.45, 2.75) is 38.6 Å². The predicted molar refractivity (Wildman–Crippen MR) is 106 cm³/mol. The second kappa shape index (κ2) is 7.96. The van der Waals surface area contributed by atoms with Crippen molar-refractivity contribution >= 4 is 5.91 Å². The molecule has 0 radical (unpaired) electrons. The van der Waals surface area contributed by atoms with E-state index in [4.69, 9.17) is 0 Å². The molecule has 1 amide bonds. The summed E-state index contributed by atoms with van der Waals surface area (Å²) in [5.74, 6) is 2.28. The summed E-state index contributed by atoms with van der Waals surface area (Å²) in [5, 5.41) is 8.83. The summed E-state index contributed by atoms with van der Waals surface area (Å²) in [4.78, 5) is 18.9. The van der Waals surface area contributed by atoms with E-state index in [-0.39, 0.29) is 11.8 Å². The minimum atomic E-state index is 0.194. The van der Waals surface area contributed by atoms with Gasteiger partial charge in [0, 0.05) is 38.4 Å². The summed E-state index contributed by atoms with van der Waals surface area (Å²) in [6.45, 7) is 4.23. The molecule has 0 aliphatic carbocycles. The molecule has 7 nitrogen and oxygen atoms in total. The van der Waals surface area contributed by atoms with Crippen LogP contribution in [0.4, 0.5) is 0 Å². The molecule has 4 rings (SSSR count). The van der Waals surface area contributed by atoms with Gasteiger partial charge in [-0.25, -0.2) is 4.98 Å². The number of hydrogen-bond acceptors (Lipinski definition) is 4. The number of likely N-dealkylation sites (tertiary alicyclic amines) is 1. The molecule has 146 valence electrons. The van der Waals surface area contributed by atoms with Crippen LogP contribution in [-0.2, 0) is 24.8 Å². The molecular formula is C21H26N6O. The normalized spacial score (nSPS) is 17.1. The highest BCUT2D eigenvalue weighted by Gasteiger charge is 2.28. The second-order valence-electron chi connectivity index (χ2n) is 7.55. The number of carbonyl (C=O) groups is 1. The maximum Gasteiger partial charge on any atom is 0.227 e. The molecule has 1 aliphatic rings. The zero-order chi connectivity index (χ0) is 19.5. The Bertz CT molecular complexity index is 946. The van der Waals surface area contributed by atoms with Crippen molar-refractivity contribution in [2.75, 3.05) is 13.1 Å². The van der Waals surface area contributed by atoms with E-state index < -0.39 is 0 Å². The van der Waals surface area contributed by atoms with Gasteiger partial charge in [-0.2, -0.15) is 0 Å². The van der Waals surface area contributed by atoms with Crippen LogP contribution in [0.2, 0.25) is 0 Å². The number of imidazole rings is 1. The van der Waals surface area contributed by atoms with Crippen LogP contribution in [0, 0.1) is 6.92 Å². The third kappa shape index (κ3) is 3.83. The number of carbonyl (C=O) groups excluding carboxylic acids is 1. The van der Waals surface area contributed by atoms with E-state index in [0.29, 0.717) is 19.5 Å². The third-order valence-electron chi connectivity index (χ3n) is 5.62. The van der Waals surface area contributed by atoms with Crippen LogP contribution < -0.4 is 0 Å². The van der Waals surface area contributed by atoms with Crippen LogP contribution in [0.15, 0.2) is 43.0 Å². The number of aromatic nitrogens is 5. The lowest BCUT2D eigenvalue weighted by Crippen LogP contribution is -2.40. The Balaban J connectivity index is 1.44. The molecule has 0 N–H and O–H groups in total. The van der Waals surface area contributed by atoms with E-state index in [1.54, 1.807) is 12.5 Å². The van der Waals surface area contributed by atoms with Gasteiger partial charge in [-0.05, 0) is 30.9 Å². The number of benzene rings is 1. The molecule has 7 heteroatoms. The molecule has 28 heavy (non-hydrogen) atoms. The zero-order valence-electron chi connectivity index (χ0n) is 16.5. The summed E-state index contributed by atoms with van der Waals surface area (Å²) >= 11 is 0. The predicted octanol–water partition coefficient (Wildman–Crippen LogP) is 2.32. The minimum Gasteiger partial charge on any atom is -0.342 e. The lowest BCUT2D eigenvalue weighted by Gasteiger charge is -2.32. The first-order valence-corrected chi connectivity index (χ1v) is 9.78. The highest BCUT2D eigenvalue weighted by molar-refractivity contribution is 5.79. The molecule has 2 aromatic heterocycles. The smallest absolute Gasteiger partial charge is 0.227 e. The van der Waals surface area contributed by atoms with Gasteiger partial charge >= 0.3 is 0 Å². The van der Waals surface area contributed by atoms with Gasteiger partial charge < -0.3 is 14.0 Å². The molecule has 0 saturated carbocycles. The van der Waals surface area contributed by atoms with E-state index in [0.717, 1.165) is 36.6 Å². The molecule has 1 aliphatic heterocycles. The summed E-state index contributed by atoms with van der Waals surface area (Å²) in [5.41, 5.74) is 2.28. The van der Waals surface area contributed by atoms with Crippen molar-refractivity contribution in [2.24, 2.45) is 7.05 Å². The number of piperidine rings is 1. The Morgan fingerprint density at radius 1 is 1.25 bits per heavy atom. The van der Waals surface area contributed by atoms with Gasteiger partial charge in [0.2, 0.25) is 5.91 Å².